The predicted molar refractivity (Wildman–Crippen MR) is 94.8 cm³/mol. The molecule has 1 atom stereocenters. The van der Waals surface area contributed by atoms with Gasteiger partial charge in [0.2, 0.25) is 0 Å². The SMILES string of the molecule is CN=C(NCc1ccco1)NCC(c1ccc(Cl)cc1)N(C)C. The molecule has 124 valence electrons. The van der Waals surface area contributed by atoms with Crippen molar-refractivity contribution in [3.8, 4) is 0 Å². The van der Waals surface area contributed by atoms with E-state index in [1.807, 2.05) is 36.4 Å². The van der Waals surface area contributed by atoms with Crippen LogP contribution in [0.4, 0.5) is 0 Å². The number of nitrogens with zero attached hydrogens (tertiary/aromatic N) is 2. The van der Waals surface area contributed by atoms with Crippen molar-refractivity contribution in [1.29, 1.82) is 0 Å². The number of hydrogen-bond donors (Lipinski definition) is 2. The number of nitrogens with one attached hydrogen (secondary N) is 2. The van der Waals surface area contributed by atoms with Crippen LogP contribution in [-0.2, 0) is 6.54 Å². The Hall–Kier alpha value is -1.98. The zero-order valence-corrected chi connectivity index (χ0v) is 14.5. The van der Waals surface area contributed by atoms with Gasteiger partial charge in [0.05, 0.1) is 18.8 Å². The summed E-state index contributed by atoms with van der Waals surface area (Å²) < 4.78 is 5.31. The van der Waals surface area contributed by atoms with Gasteiger partial charge in [0.1, 0.15) is 5.76 Å². The minimum Gasteiger partial charge on any atom is -0.467 e. The Bertz CT molecular complexity index is 608. The van der Waals surface area contributed by atoms with Gasteiger partial charge in [-0.15, -0.1) is 0 Å². The molecule has 2 aromatic rings. The molecule has 23 heavy (non-hydrogen) atoms. The highest BCUT2D eigenvalue weighted by Gasteiger charge is 2.14. The van der Waals surface area contributed by atoms with Gasteiger partial charge in [-0.3, -0.25) is 4.99 Å². The van der Waals surface area contributed by atoms with Gasteiger partial charge in [0.15, 0.2) is 5.96 Å². The van der Waals surface area contributed by atoms with Gasteiger partial charge in [-0.1, -0.05) is 23.7 Å². The average Bonchev–Trinajstić information content (AvgIpc) is 3.05. The van der Waals surface area contributed by atoms with Gasteiger partial charge in [0.25, 0.3) is 0 Å². The predicted octanol–water partition coefficient (Wildman–Crippen LogP) is 2.90. The summed E-state index contributed by atoms with van der Waals surface area (Å²) in [6.45, 7) is 1.33. The quantitative estimate of drug-likeness (QED) is 0.630. The average molecular weight is 335 g/mol. The second-order valence-corrected chi connectivity index (χ2v) is 5.85. The molecule has 5 nitrogen and oxygen atoms in total. The van der Waals surface area contributed by atoms with Crippen molar-refractivity contribution in [2.45, 2.75) is 12.6 Å². The summed E-state index contributed by atoms with van der Waals surface area (Å²) in [6.07, 6.45) is 1.66. The minimum absolute atomic E-state index is 0.217. The standard InChI is InChI=1S/C17H23ClN4O/c1-19-17(20-11-15-5-4-10-23-15)21-12-16(22(2)3)13-6-8-14(18)9-7-13/h4-10,16H,11-12H2,1-3H3,(H2,19,20,21). The first-order chi connectivity index (χ1) is 11.1. The van der Waals surface area contributed by atoms with Crippen molar-refractivity contribution in [2.75, 3.05) is 27.7 Å². The van der Waals surface area contributed by atoms with E-state index in [1.54, 1.807) is 13.3 Å². The molecule has 0 aliphatic rings. The number of likely N-dealkylation sites (N-methyl/N-ethyl adjacent to an activating group) is 1. The van der Waals surface area contributed by atoms with Crippen LogP contribution in [0.5, 0.6) is 0 Å². The second-order valence-electron chi connectivity index (χ2n) is 5.42. The molecule has 0 saturated heterocycles. The van der Waals surface area contributed by atoms with Gasteiger partial charge in [-0.05, 0) is 43.9 Å². The molecule has 6 heteroatoms. The highest BCUT2D eigenvalue weighted by atomic mass is 35.5. The molecule has 0 radical (unpaired) electrons. The summed E-state index contributed by atoms with van der Waals surface area (Å²) in [4.78, 5) is 6.40. The maximum Gasteiger partial charge on any atom is 0.191 e. The normalized spacial score (nSPS) is 13.2. The Morgan fingerprint density at radius 1 is 1.22 bits per heavy atom. The number of rotatable bonds is 6. The van der Waals surface area contributed by atoms with E-state index in [-0.39, 0.29) is 6.04 Å². The van der Waals surface area contributed by atoms with Crippen LogP contribution >= 0.6 is 11.6 Å². The Morgan fingerprint density at radius 2 is 1.96 bits per heavy atom. The maximum absolute atomic E-state index is 5.97. The summed E-state index contributed by atoms with van der Waals surface area (Å²) in [5.74, 6) is 1.61. The van der Waals surface area contributed by atoms with Gasteiger partial charge in [-0.25, -0.2) is 0 Å². The van der Waals surface area contributed by atoms with Crippen LogP contribution in [0.1, 0.15) is 17.4 Å². The summed E-state index contributed by atoms with van der Waals surface area (Å²) in [5.41, 5.74) is 1.20. The van der Waals surface area contributed by atoms with E-state index in [9.17, 15) is 0 Å². The third-order valence-corrected chi connectivity index (χ3v) is 3.83. The van der Waals surface area contributed by atoms with Gasteiger partial charge in [-0.2, -0.15) is 0 Å². The van der Waals surface area contributed by atoms with Crippen LogP contribution in [0.2, 0.25) is 5.02 Å². The second kappa shape index (κ2) is 8.60. The molecular weight excluding hydrogens is 312 g/mol. The monoisotopic (exact) mass is 334 g/mol. The molecule has 1 aromatic carbocycles. The molecule has 2 N–H and O–H groups in total. The van der Waals surface area contributed by atoms with Crippen LogP contribution < -0.4 is 10.6 Å². The van der Waals surface area contributed by atoms with Crippen LogP contribution in [0.3, 0.4) is 0 Å². The van der Waals surface area contributed by atoms with E-state index in [4.69, 9.17) is 16.0 Å². The van der Waals surface area contributed by atoms with E-state index >= 15 is 0 Å². The molecule has 0 spiro atoms. The first-order valence-electron chi connectivity index (χ1n) is 7.49. The molecule has 1 aromatic heterocycles. The van der Waals surface area contributed by atoms with E-state index in [1.165, 1.54) is 5.56 Å². The fourth-order valence-electron chi connectivity index (χ4n) is 2.28. The van der Waals surface area contributed by atoms with Gasteiger partial charge < -0.3 is 20.0 Å². The summed E-state index contributed by atoms with van der Waals surface area (Å²) in [5, 5.41) is 7.33. The van der Waals surface area contributed by atoms with Crippen LogP contribution in [0.15, 0.2) is 52.1 Å². The van der Waals surface area contributed by atoms with Crippen molar-refractivity contribution >= 4 is 17.6 Å². The lowest BCUT2D eigenvalue weighted by Gasteiger charge is -2.26. The lowest BCUT2D eigenvalue weighted by molar-refractivity contribution is 0.298. The third-order valence-electron chi connectivity index (χ3n) is 3.57. The number of furan rings is 1. The van der Waals surface area contributed by atoms with Gasteiger partial charge in [0, 0.05) is 18.6 Å². The fourth-order valence-corrected chi connectivity index (χ4v) is 2.41. The van der Waals surface area contributed by atoms with Gasteiger partial charge >= 0.3 is 0 Å². The van der Waals surface area contributed by atoms with Crippen molar-refractivity contribution in [1.82, 2.24) is 15.5 Å². The van der Waals surface area contributed by atoms with Crippen molar-refractivity contribution in [3.63, 3.8) is 0 Å². The van der Waals surface area contributed by atoms with Crippen molar-refractivity contribution in [2.24, 2.45) is 4.99 Å². The van der Waals surface area contributed by atoms with Crippen LogP contribution in [-0.4, -0.2) is 38.5 Å². The zero-order chi connectivity index (χ0) is 16.7. The van der Waals surface area contributed by atoms with E-state index in [0.717, 1.165) is 23.3 Å². The third kappa shape index (κ3) is 5.30. The highest BCUT2D eigenvalue weighted by molar-refractivity contribution is 6.30. The lowest BCUT2D eigenvalue weighted by atomic mass is 10.1. The number of benzene rings is 1. The van der Waals surface area contributed by atoms with E-state index in [0.29, 0.717) is 6.54 Å². The highest BCUT2D eigenvalue weighted by Crippen LogP contribution is 2.19. The summed E-state index contributed by atoms with van der Waals surface area (Å²) >= 11 is 5.97. The Labute approximate surface area is 142 Å². The molecule has 1 unspecified atom stereocenters. The molecule has 2 rings (SSSR count). The van der Waals surface area contributed by atoms with Crippen LogP contribution in [0, 0.1) is 0 Å². The Morgan fingerprint density at radius 3 is 2.52 bits per heavy atom. The molecule has 0 saturated carbocycles. The number of hydrogen-bond acceptors (Lipinski definition) is 3. The summed E-state index contributed by atoms with van der Waals surface area (Å²) in [7, 11) is 5.87. The molecule has 0 aliphatic heterocycles. The Kier molecular flexibility index (Phi) is 6.50. The Balaban J connectivity index is 1.92. The smallest absolute Gasteiger partial charge is 0.191 e. The largest absolute Gasteiger partial charge is 0.467 e. The minimum atomic E-state index is 0.217. The van der Waals surface area contributed by atoms with E-state index in [2.05, 4.69) is 34.6 Å². The molecule has 0 bridgehead atoms. The number of guanidine groups is 1. The van der Waals surface area contributed by atoms with E-state index < -0.39 is 0 Å². The first kappa shape index (κ1) is 17.4. The fraction of sp³-hybridized carbons (Fsp3) is 0.353. The first-order valence-corrected chi connectivity index (χ1v) is 7.86. The van der Waals surface area contributed by atoms with Crippen LogP contribution in [0.25, 0.3) is 0 Å². The van der Waals surface area contributed by atoms with Crippen molar-refractivity contribution < 1.29 is 4.42 Å². The number of aliphatic imine (C=N–C) groups is 1. The molecular formula is C17H23ClN4O. The molecule has 0 amide bonds. The maximum atomic E-state index is 5.97. The lowest BCUT2D eigenvalue weighted by Crippen LogP contribution is -2.41. The zero-order valence-electron chi connectivity index (χ0n) is 13.7. The van der Waals surface area contributed by atoms with Crippen molar-refractivity contribution in [3.05, 3.63) is 59.0 Å². The molecule has 1 heterocycles. The molecule has 0 aliphatic carbocycles. The topological polar surface area (TPSA) is 52.8 Å². The summed E-state index contributed by atoms with van der Waals surface area (Å²) in [6, 6.07) is 11.9. The number of halogens is 1. The molecule has 0 fully saturated rings.